The standard InChI is InChI=1S/C20H34O8.C19H30O7/c1-13(14(21)25-6)10-19(4,16(23)27-8)12-20(5,17(24)28-9)11-18(2,3)15(22)26-7;1-16(2,13(21)24-6)9-17(3)10-18(4,14(22)25-7)11-19(5,12(17)20)15(23)26-8/h13H,10-12H2,1-9H3;9-11H2,1-8H3. The Kier molecular flexibility index (Phi) is 17.1. The first-order valence-corrected chi connectivity index (χ1v) is 17.6. The first-order chi connectivity index (χ1) is 24.4. The minimum atomic E-state index is -1.50. The Balaban J connectivity index is 0.00000104. The molecule has 1 aliphatic rings. The van der Waals surface area contributed by atoms with Gasteiger partial charge in [-0.15, -0.1) is 0 Å². The van der Waals surface area contributed by atoms with Crippen LogP contribution in [0.2, 0.25) is 0 Å². The molecule has 6 unspecified atom stereocenters. The van der Waals surface area contributed by atoms with Gasteiger partial charge in [0.15, 0.2) is 5.78 Å². The van der Waals surface area contributed by atoms with E-state index in [1.54, 1.807) is 62.3 Å². The average molecular weight is 773 g/mol. The molecule has 0 spiro atoms. The zero-order valence-corrected chi connectivity index (χ0v) is 35.4. The molecule has 0 N–H and O–H groups in total. The van der Waals surface area contributed by atoms with Crippen molar-refractivity contribution >= 4 is 47.6 Å². The highest BCUT2D eigenvalue weighted by atomic mass is 16.5. The number of hydrogen-bond donors (Lipinski definition) is 0. The third-order valence-corrected chi connectivity index (χ3v) is 10.5. The second-order valence-corrected chi connectivity index (χ2v) is 17.1. The summed E-state index contributed by atoms with van der Waals surface area (Å²) in [6.07, 6.45) is 0.493. The molecule has 310 valence electrons. The largest absolute Gasteiger partial charge is 0.469 e. The van der Waals surface area contributed by atoms with Crippen LogP contribution in [0.1, 0.15) is 108 Å². The van der Waals surface area contributed by atoms with E-state index in [2.05, 4.69) is 0 Å². The molecule has 0 saturated heterocycles. The fourth-order valence-corrected chi connectivity index (χ4v) is 8.85. The molecule has 0 amide bonds. The summed E-state index contributed by atoms with van der Waals surface area (Å²) in [4.78, 5) is 99.7. The first-order valence-electron chi connectivity index (χ1n) is 17.6. The average Bonchev–Trinajstić information content (AvgIpc) is 3.10. The molecule has 0 radical (unpaired) electrons. The van der Waals surface area contributed by atoms with Gasteiger partial charge in [0.05, 0.1) is 82.8 Å². The van der Waals surface area contributed by atoms with Gasteiger partial charge in [-0.05, 0) is 93.9 Å². The van der Waals surface area contributed by atoms with Crippen LogP contribution in [0, 0.1) is 43.8 Å². The van der Waals surface area contributed by atoms with Crippen LogP contribution < -0.4 is 0 Å². The van der Waals surface area contributed by atoms with Gasteiger partial charge in [0.2, 0.25) is 0 Å². The zero-order valence-electron chi connectivity index (χ0n) is 35.4. The summed E-state index contributed by atoms with van der Waals surface area (Å²) in [7, 11) is 8.81. The van der Waals surface area contributed by atoms with Crippen LogP contribution in [-0.4, -0.2) is 97.3 Å². The van der Waals surface area contributed by atoms with Crippen LogP contribution in [0.15, 0.2) is 0 Å². The van der Waals surface area contributed by atoms with Crippen molar-refractivity contribution in [2.24, 2.45) is 43.8 Å². The van der Waals surface area contributed by atoms with Crippen LogP contribution in [0.5, 0.6) is 0 Å². The molecule has 15 heteroatoms. The lowest BCUT2D eigenvalue weighted by molar-refractivity contribution is -0.178. The van der Waals surface area contributed by atoms with E-state index in [9.17, 15) is 38.4 Å². The summed E-state index contributed by atoms with van der Waals surface area (Å²) in [5.41, 5.74) is -8.03. The maximum atomic E-state index is 13.4. The van der Waals surface area contributed by atoms with Crippen molar-refractivity contribution in [3.05, 3.63) is 0 Å². The number of carbonyl (C=O) groups is 8. The topological polar surface area (TPSA) is 201 Å². The van der Waals surface area contributed by atoms with Crippen molar-refractivity contribution in [2.45, 2.75) is 108 Å². The SMILES string of the molecule is COC(=O)C(C)(C)CC1(C)CC(C)(C(=O)OC)CC(C)(C(=O)OC)C1=O.COC(=O)C(C)CC(C)(CC(C)(CC(C)(C)C(=O)OC)C(=O)OC)C(=O)OC. The molecule has 0 aromatic rings. The summed E-state index contributed by atoms with van der Waals surface area (Å²) < 4.78 is 34.2. The molecule has 1 fully saturated rings. The monoisotopic (exact) mass is 772 g/mol. The van der Waals surface area contributed by atoms with Crippen molar-refractivity contribution in [3.8, 4) is 0 Å². The second-order valence-electron chi connectivity index (χ2n) is 17.1. The highest BCUT2D eigenvalue weighted by molar-refractivity contribution is 6.08. The van der Waals surface area contributed by atoms with Crippen LogP contribution in [0.4, 0.5) is 0 Å². The number of Topliss-reactive ketones (excluding diaryl/α,β-unsaturated/α-hetero) is 1. The molecule has 15 nitrogen and oxygen atoms in total. The van der Waals surface area contributed by atoms with Gasteiger partial charge in [0.25, 0.3) is 0 Å². The Bertz CT molecular complexity index is 1430. The van der Waals surface area contributed by atoms with E-state index in [0.717, 1.165) is 0 Å². The van der Waals surface area contributed by atoms with Crippen molar-refractivity contribution in [3.63, 3.8) is 0 Å². The van der Waals surface area contributed by atoms with Gasteiger partial charge in [-0.1, -0.05) is 13.8 Å². The fourth-order valence-electron chi connectivity index (χ4n) is 8.85. The molecule has 6 atom stereocenters. The van der Waals surface area contributed by atoms with E-state index >= 15 is 0 Å². The Morgan fingerprint density at radius 3 is 1.41 bits per heavy atom. The van der Waals surface area contributed by atoms with E-state index in [0.29, 0.717) is 0 Å². The molecule has 0 aromatic carbocycles. The highest BCUT2D eigenvalue weighted by Crippen LogP contribution is 2.56. The summed E-state index contributed by atoms with van der Waals surface area (Å²) in [5, 5.41) is 0. The predicted octanol–water partition coefficient (Wildman–Crippen LogP) is 4.83. The summed E-state index contributed by atoms with van der Waals surface area (Å²) in [6.45, 7) is 16.4. The number of ketones is 1. The smallest absolute Gasteiger partial charge is 0.319 e. The van der Waals surface area contributed by atoms with Gasteiger partial charge in [0.1, 0.15) is 5.41 Å². The Morgan fingerprint density at radius 1 is 0.574 bits per heavy atom. The van der Waals surface area contributed by atoms with Crippen LogP contribution in [-0.2, 0) is 71.5 Å². The number of rotatable bonds is 15. The molecule has 0 heterocycles. The van der Waals surface area contributed by atoms with Crippen LogP contribution in [0.25, 0.3) is 0 Å². The van der Waals surface area contributed by atoms with Gasteiger partial charge in [-0.3, -0.25) is 38.4 Å². The van der Waals surface area contributed by atoms with Crippen LogP contribution in [0.3, 0.4) is 0 Å². The normalized spacial score (nSPS) is 24.1. The molecule has 1 rings (SSSR count). The first kappa shape index (κ1) is 50.0. The minimum absolute atomic E-state index is 0.00752. The summed E-state index contributed by atoms with van der Waals surface area (Å²) in [5.74, 6) is -4.66. The molecule has 0 aliphatic heterocycles. The maximum absolute atomic E-state index is 13.4. The Morgan fingerprint density at radius 2 is 1.00 bits per heavy atom. The molecule has 0 aromatic heterocycles. The van der Waals surface area contributed by atoms with E-state index in [1.165, 1.54) is 56.7 Å². The third kappa shape index (κ3) is 11.2. The van der Waals surface area contributed by atoms with Crippen molar-refractivity contribution < 1.29 is 71.5 Å². The van der Waals surface area contributed by atoms with Gasteiger partial charge in [0, 0.05) is 5.41 Å². The predicted molar refractivity (Wildman–Crippen MR) is 194 cm³/mol. The van der Waals surface area contributed by atoms with Gasteiger partial charge in [-0.2, -0.15) is 0 Å². The minimum Gasteiger partial charge on any atom is -0.469 e. The maximum Gasteiger partial charge on any atom is 0.319 e. The second kappa shape index (κ2) is 18.5. The highest BCUT2D eigenvalue weighted by Gasteiger charge is 2.63. The van der Waals surface area contributed by atoms with E-state index in [1.807, 2.05) is 0 Å². The number of ether oxygens (including phenoxy) is 7. The van der Waals surface area contributed by atoms with Crippen molar-refractivity contribution in [2.75, 3.05) is 49.8 Å². The van der Waals surface area contributed by atoms with E-state index < -0.39 is 85.6 Å². The molecule has 1 saturated carbocycles. The van der Waals surface area contributed by atoms with Crippen molar-refractivity contribution in [1.29, 1.82) is 0 Å². The summed E-state index contributed by atoms with van der Waals surface area (Å²) >= 11 is 0. The number of methoxy groups -OCH3 is 7. The number of hydrogen-bond acceptors (Lipinski definition) is 15. The van der Waals surface area contributed by atoms with Crippen molar-refractivity contribution in [1.82, 2.24) is 0 Å². The Labute approximate surface area is 320 Å². The molecule has 1 aliphatic carbocycles. The number of carbonyl (C=O) groups excluding carboxylic acids is 8. The van der Waals surface area contributed by atoms with E-state index in [4.69, 9.17) is 33.2 Å². The zero-order chi connectivity index (χ0) is 42.9. The van der Waals surface area contributed by atoms with Gasteiger partial charge in [-0.25, -0.2) is 0 Å². The quantitative estimate of drug-likeness (QED) is 0.124. The summed E-state index contributed by atoms with van der Waals surface area (Å²) in [6, 6.07) is 0. The van der Waals surface area contributed by atoms with Gasteiger partial charge >= 0.3 is 41.8 Å². The molecular formula is C39H64O15. The molecule has 0 bridgehead atoms. The lowest BCUT2D eigenvalue weighted by Gasteiger charge is -2.50. The van der Waals surface area contributed by atoms with Gasteiger partial charge < -0.3 is 33.2 Å². The third-order valence-electron chi connectivity index (χ3n) is 10.5. The molecular weight excluding hydrogens is 708 g/mol. The van der Waals surface area contributed by atoms with E-state index in [-0.39, 0.29) is 44.3 Å². The number of esters is 7. The Hall–Kier alpha value is -4.04. The lowest BCUT2D eigenvalue weighted by Crippen LogP contribution is -2.58. The van der Waals surface area contributed by atoms with Crippen LogP contribution >= 0.6 is 0 Å². The lowest BCUT2D eigenvalue weighted by atomic mass is 9.51. The fraction of sp³-hybridized carbons (Fsp3) is 0.795. The molecule has 54 heavy (non-hydrogen) atoms.